The molecule has 0 saturated heterocycles. The van der Waals surface area contributed by atoms with Crippen LogP contribution in [0.1, 0.15) is 49.8 Å². The third-order valence-electron chi connectivity index (χ3n) is 4.36. The van der Waals surface area contributed by atoms with Gasteiger partial charge >= 0.3 is 0 Å². The number of fused-ring (bicyclic) bond motifs is 2. The van der Waals surface area contributed by atoms with Gasteiger partial charge in [-0.3, -0.25) is 0 Å². The Balaban J connectivity index is 1.60. The van der Waals surface area contributed by atoms with Crippen molar-refractivity contribution in [2.24, 2.45) is 11.8 Å². The molecule has 1 heterocycles. The zero-order valence-corrected chi connectivity index (χ0v) is 10.5. The summed E-state index contributed by atoms with van der Waals surface area (Å²) >= 11 is 0. The monoisotopic (exact) mass is 235 g/mol. The SMILES string of the molecule is CNCCCc1nnc(C2CC3CCC2C3)o1. The van der Waals surface area contributed by atoms with Crippen LogP contribution in [0.4, 0.5) is 0 Å². The molecule has 1 aromatic rings. The summed E-state index contributed by atoms with van der Waals surface area (Å²) in [5.74, 6) is 4.06. The highest BCUT2D eigenvalue weighted by atomic mass is 16.4. The molecule has 2 bridgehead atoms. The Hall–Kier alpha value is -0.900. The maximum Gasteiger partial charge on any atom is 0.219 e. The van der Waals surface area contributed by atoms with Crippen molar-refractivity contribution in [2.45, 2.75) is 44.4 Å². The van der Waals surface area contributed by atoms with Crippen molar-refractivity contribution in [1.29, 1.82) is 0 Å². The highest BCUT2D eigenvalue weighted by molar-refractivity contribution is 5.04. The van der Waals surface area contributed by atoms with E-state index in [4.69, 9.17) is 4.42 Å². The Bertz CT molecular complexity index is 376. The van der Waals surface area contributed by atoms with Gasteiger partial charge in [-0.15, -0.1) is 10.2 Å². The third-order valence-corrected chi connectivity index (χ3v) is 4.36. The van der Waals surface area contributed by atoms with Gasteiger partial charge in [-0.25, -0.2) is 0 Å². The number of hydrogen-bond acceptors (Lipinski definition) is 4. The molecule has 1 aromatic heterocycles. The molecule has 2 aliphatic rings. The maximum absolute atomic E-state index is 5.82. The molecule has 17 heavy (non-hydrogen) atoms. The second kappa shape index (κ2) is 4.77. The van der Waals surface area contributed by atoms with E-state index in [0.29, 0.717) is 5.92 Å². The first-order valence-electron chi connectivity index (χ1n) is 6.83. The lowest BCUT2D eigenvalue weighted by Gasteiger charge is -2.17. The van der Waals surface area contributed by atoms with Crippen molar-refractivity contribution >= 4 is 0 Å². The van der Waals surface area contributed by atoms with Crippen molar-refractivity contribution in [2.75, 3.05) is 13.6 Å². The van der Waals surface area contributed by atoms with Crippen LogP contribution in [0, 0.1) is 11.8 Å². The number of rotatable bonds is 5. The first-order valence-corrected chi connectivity index (χ1v) is 6.83. The molecule has 3 unspecified atom stereocenters. The van der Waals surface area contributed by atoms with Gasteiger partial charge in [0.05, 0.1) is 0 Å². The van der Waals surface area contributed by atoms with Gasteiger partial charge in [0.2, 0.25) is 11.8 Å². The molecule has 2 aliphatic carbocycles. The molecule has 0 radical (unpaired) electrons. The highest BCUT2D eigenvalue weighted by Gasteiger charge is 2.42. The van der Waals surface area contributed by atoms with E-state index in [-0.39, 0.29) is 0 Å². The molecule has 3 atom stereocenters. The summed E-state index contributed by atoms with van der Waals surface area (Å²) in [6.45, 7) is 1.01. The average molecular weight is 235 g/mol. The first-order chi connectivity index (χ1) is 8.36. The van der Waals surface area contributed by atoms with Crippen LogP contribution in [-0.2, 0) is 6.42 Å². The lowest BCUT2D eigenvalue weighted by Crippen LogP contribution is -2.09. The fourth-order valence-corrected chi connectivity index (χ4v) is 3.48. The zero-order chi connectivity index (χ0) is 11.7. The van der Waals surface area contributed by atoms with Gasteiger partial charge in [0.25, 0.3) is 0 Å². The molecular weight excluding hydrogens is 214 g/mol. The van der Waals surface area contributed by atoms with E-state index < -0.39 is 0 Å². The molecule has 0 aromatic carbocycles. The van der Waals surface area contributed by atoms with Crippen LogP contribution in [0.5, 0.6) is 0 Å². The normalized spacial score (nSPS) is 31.2. The van der Waals surface area contributed by atoms with E-state index in [2.05, 4.69) is 15.5 Å². The highest BCUT2D eigenvalue weighted by Crippen LogP contribution is 2.52. The number of nitrogens with one attached hydrogen (secondary N) is 1. The van der Waals surface area contributed by atoms with E-state index in [1.165, 1.54) is 25.7 Å². The summed E-state index contributed by atoms with van der Waals surface area (Å²) in [4.78, 5) is 0. The summed E-state index contributed by atoms with van der Waals surface area (Å²) in [7, 11) is 1.97. The first kappa shape index (κ1) is 11.2. The average Bonchev–Trinajstić information content (AvgIpc) is 3.04. The molecule has 1 N–H and O–H groups in total. The maximum atomic E-state index is 5.82. The predicted octanol–water partition coefficient (Wildman–Crippen LogP) is 2.13. The summed E-state index contributed by atoms with van der Waals surface area (Å²) in [5, 5.41) is 11.6. The van der Waals surface area contributed by atoms with Crippen molar-refractivity contribution in [3.63, 3.8) is 0 Å². The fourth-order valence-electron chi connectivity index (χ4n) is 3.48. The van der Waals surface area contributed by atoms with E-state index in [1.54, 1.807) is 0 Å². The summed E-state index contributed by atoms with van der Waals surface area (Å²) in [6.07, 6.45) is 7.42. The standard InChI is InChI=1S/C13H21N3O/c1-14-6-2-3-12-15-16-13(17-12)11-8-9-4-5-10(11)7-9/h9-11,14H,2-8H2,1H3. The fraction of sp³-hybridized carbons (Fsp3) is 0.846. The molecular formula is C13H21N3O. The van der Waals surface area contributed by atoms with Gasteiger partial charge in [0.15, 0.2) is 0 Å². The molecule has 2 saturated carbocycles. The molecule has 4 nitrogen and oxygen atoms in total. The summed E-state index contributed by atoms with van der Waals surface area (Å²) in [6, 6.07) is 0. The van der Waals surface area contributed by atoms with Gasteiger partial charge in [-0.1, -0.05) is 6.42 Å². The van der Waals surface area contributed by atoms with Crippen LogP contribution < -0.4 is 5.32 Å². The van der Waals surface area contributed by atoms with Gasteiger partial charge in [0.1, 0.15) is 0 Å². The van der Waals surface area contributed by atoms with Gasteiger partial charge < -0.3 is 9.73 Å². The van der Waals surface area contributed by atoms with Crippen LogP contribution >= 0.6 is 0 Å². The summed E-state index contributed by atoms with van der Waals surface area (Å²) < 4.78 is 5.82. The van der Waals surface area contributed by atoms with Crippen molar-refractivity contribution in [1.82, 2.24) is 15.5 Å². The van der Waals surface area contributed by atoms with Crippen LogP contribution in [0.25, 0.3) is 0 Å². The smallest absolute Gasteiger partial charge is 0.219 e. The predicted molar refractivity (Wildman–Crippen MR) is 64.7 cm³/mol. The molecule has 3 rings (SSSR count). The minimum atomic E-state index is 0.569. The lowest BCUT2D eigenvalue weighted by molar-refractivity contribution is 0.334. The second-order valence-electron chi connectivity index (χ2n) is 5.52. The number of aromatic nitrogens is 2. The third kappa shape index (κ3) is 2.23. The zero-order valence-electron chi connectivity index (χ0n) is 10.5. The van der Waals surface area contributed by atoms with E-state index >= 15 is 0 Å². The van der Waals surface area contributed by atoms with E-state index in [1.807, 2.05) is 7.05 Å². The number of aryl methyl sites for hydroxylation is 1. The Morgan fingerprint density at radius 1 is 1.29 bits per heavy atom. The Morgan fingerprint density at radius 3 is 2.94 bits per heavy atom. The molecule has 0 aliphatic heterocycles. The largest absolute Gasteiger partial charge is 0.425 e. The second-order valence-corrected chi connectivity index (χ2v) is 5.52. The van der Waals surface area contributed by atoms with Crippen LogP contribution in [0.2, 0.25) is 0 Å². The number of hydrogen-bond donors (Lipinski definition) is 1. The Morgan fingerprint density at radius 2 is 2.24 bits per heavy atom. The molecule has 2 fully saturated rings. The molecule has 94 valence electrons. The topological polar surface area (TPSA) is 51.0 Å². The van der Waals surface area contributed by atoms with Crippen LogP contribution in [0.15, 0.2) is 4.42 Å². The van der Waals surface area contributed by atoms with E-state index in [0.717, 1.165) is 43.0 Å². The quantitative estimate of drug-likeness (QED) is 0.794. The van der Waals surface area contributed by atoms with Crippen LogP contribution in [0.3, 0.4) is 0 Å². The molecule has 4 heteroatoms. The minimum Gasteiger partial charge on any atom is -0.425 e. The van der Waals surface area contributed by atoms with Gasteiger partial charge in [0, 0.05) is 12.3 Å². The Kier molecular flexibility index (Phi) is 3.14. The van der Waals surface area contributed by atoms with E-state index in [9.17, 15) is 0 Å². The van der Waals surface area contributed by atoms with Crippen molar-refractivity contribution in [3.05, 3.63) is 11.8 Å². The Labute approximate surface area is 102 Å². The summed E-state index contributed by atoms with van der Waals surface area (Å²) in [5.41, 5.74) is 0. The van der Waals surface area contributed by atoms with Gasteiger partial charge in [-0.2, -0.15) is 0 Å². The molecule has 0 amide bonds. The minimum absolute atomic E-state index is 0.569. The van der Waals surface area contributed by atoms with Crippen molar-refractivity contribution in [3.8, 4) is 0 Å². The van der Waals surface area contributed by atoms with Crippen LogP contribution in [-0.4, -0.2) is 23.8 Å². The lowest BCUT2D eigenvalue weighted by atomic mass is 9.89. The van der Waals surface area contributed by atoms with Gasteiger partial charge in [-0.05, 0) is 51.1 Å². The number of nitrogens with zero attached hydrogens (tertiary/aromatic N) is 2. The van der Waals surface area contributed by atoms with Crippen molar-refractivity contribution < 1.29 is 4.42 Å². The molecule has 0 spiro atoms.